The van der Waals surface area contributed by atoms with Crippen molar-refractivity contribution in [3.8, 4) is 11.1 Å². The number of nitrogens with one attached hydrogen (secondary N) is 1. The third-order valence-corrected chi connectivity index (χ3v) is 5.31. The van der Waals surface area contributed by atoms with Crippen molar-refractivity contribution in [1.29, 1.82) is 0 Å². The molecule has 11 heteroatoms. The maximum Gasteiger partial charge on any atom is 0.270 e. The molecule has 10 nitrogen and oxygen atoms in total. The molecule has 3 aromatic heterocycles. The smallest absolute Gasteiger partial charge is 0.270 e. The second kappa shape index (κ2) is 10.7. The van der Waals surface area contributed by atoms with Gasteiger partial charge < -0.3 is 15.0 Å². The third kappa shape index (κ3) is 5.76. The molecule has 1 N–H and O–H groups in total. The largest absolute Gasteiger partial charge is 0.378 e. The van der Waals surface area contributed by atoms with E-state index >= 15 is 0 Å². The molecule has 176 valence electrons. The molecule has 1 aromatic carbocycles. The van der Waals surface area contributed by atoms with Crippen molar-refractivity contribution >= 4 is 23.1 Å². The Morgan fingerprint density at radius 1 is 0.943 bits per heavy atom. The highest BCUT2D eigenvalue weighted by Crippen LogP contribution is 2.24. The zero-order chi connectivity index (χ0) is 23.9. The molecule has 1 aliphatic rings. The molecular formula is C24H22FN9O. The van der Waals surface area contributed by atoms with Gasteiger partial charge in [-0.3, -0.25) is 4.98 Å². The van der Waals surface area contributed by atoms with E-state index < -0.39 is 5.82 Å². The molecule has 0 saturated carbocycles. The van der Waals surface area contributed by atoms with Gasteiger partial charge in [-0.1, -0.05) is 12.1 Å². The van der Waals surface area contributed by atoms with Crippen LogP contribution in [0.5, 0.6) is 0 Å². The first kappa shape index (κ1) is 22.4. The third-order valence-electron chi connectivity index (χ3n) is 5.31. The molecule has 0 spiro atoms. The minimum absolute atomic E-state index is 0.107. The van der Waals surface area contributed by atoms with Crippen molar-refractivity contribution in [2.24, 2.45) is 10.2 Å². The first-order valence-electron chi connectivity index (χ1n) is 11.1. The second-order valence-corrected chi connectivity index (χ2v) is 7.72. The number of anilines is 3. The van der Waals surface area contributed by atoms with E-state index in [1.165, 1.54) is 0 Å². The van der Waals surface area contributed by atoms with Gasteiger partial charge in [-0.05, 0) is 35.9 Å². The van der Waals surface area contributed by atoms with E-state index in [4.69, 9.17) is 4.74 Å². The van der Waals surface area contributed by atoms with Gasteiger partial charge in [-0.15, -0.1) is 5.11 Å². The van der Waals surface area contributed by atoms with Gasteiger partial charge in [0.2, 0.25) is 0 Å². The Kier molecular flexibility index (Phi) is 6.85. The number of azo groups is 1. The lowest BCUT2D eigenvalue weighted by atomic mass is 10.1. The molecule has 35 heavy (non-hydrogen) atoms. The van der Waals surface area contributed by atoms with Crippen molar-refractivity contribution in [1.82, 2.24) is 25.1 Å². The first-order valence-corrected chi connectivity index (χ1v) is 11.1. The fourth-order valence-corrected chi connectivity index (χ4v) is 3.56. The summed E-state index contributed by atoms with van der Waals surface area (Å²) in [5, 5.41) is 19.3. The van der Waals surface area contributed by atoms with Gasteiger partial charge in [0.15, 0.2) is 11.6 Å². The Morgan fingerprint density at radius 2 is 1.86 bits per heavy atom. The normalized spacial score (nSPS) is 13.8. The Labute approximate surface area is 201 Å². The standard InChI is InChI=1S/C24H22FN9O/c25-22-16-27-24(32-23(22)34-8-10-35-11-9-34)33-30-15-20-4-5-21(14-26-20)31-19-3-1-2-17(12-19)18-6-7-28-29-13-18/h1-7,12-14,16,31H,8-11,15H2. The minimum Gasteiger partial charge on any atom is -0.378 e. The van der Waals surface area contributed by atoms with Crippen LogP contribution in [0, 0.1) is 5.82 Å². The SMILES string of the molecule is Fc1cnc(N=NCc2ccc(Nc3cccc(-c4ccnnc4)c3)cn2)nc1N1CCOCC1. The fourth-order valence-electron chi connectivity index (χ4n) is 3.56. The molecule has 0 atom stereocenters. The maximum atomic E-state index is 14.1. The van der Waals surface area contributed by atoms with Crippen LogP contribution in [0.25, 0.3) is 11.1 Å². The van der Waals surface area contributed by atoms with Gasteiger partial charge in [0, 0.05) is 24.3 Å². The highest BCUT2D eigenvalue weighted by atomic mass is 19.1. The highest BCUT2D eigenvalue weighted by molar-refractivity contribution is 5.69. The lowest BCUT2D eigenvalue weighted by molar-refractivity contribution is 0.122. The molecule has 0 bridgehead atoms. The van der Waals surface area contributed by atoms with Gasteiger partial charge >= 0.3 is 0 Å². The number of hydrogen-bond acceptors (Lipinski definition) is 10. The van der Waals surface area contributed by atoms with Crippen LogP contribution in [0.4, 0.5) is 27.5 Å². The summed E-state index contributed by atoms with van der Waals surface area (Å²) in [6.07, 6.45) is 6.24. The summed E-state index contributed by atoms with van der Waals surface area (Å²) in [5.41, 5.74) is 4.52. The number of aromatic nitrogens is 5. The summed E-state index contributed by atoms with van der Waals surface area (Å²) in [6, 6.07) is 13.7. The summed E-state index contributed by atoms with van der Waals surface area (Å²) in [5.74, 6) is -0.163. The Bertz CT molecular complexity index is 1300. The van der Waals surface area contributed by atoms with Gasteiger partial charge in [-0.2, -0.15) is 20.3 Å². The zero-order valence-electron chi connectivity index (χ0n) is 18.8. The van der Waals surface area contributed by atoms with Crippen LogP contribution in [-0.4, -0.2) is 51.5 Å². The number of rotatable bonds is 7. The second-order valence-electron chi connectivity index (χ2n) is 7.72. The average Bonchev–Trinajstić information content (AvgIpc) is 2.92. The molecule has 0 radical (unpaired) electrons. The zero-order valence-corrected chi connectivity index (χ0v) is 18.8. The maximum absolute atomic E-state index is 14.1. The molecule has 0 unspecified atom stereocenters. The number of halogens is 1. The lowest BCUT2D eigenvalue weighted by Gasteiger charge is -2.27. The van der Waals surface area contributed by atoms with E-state index in [9.17, 15) is 4.39 Å². The number of pyridine rings is 1. The number of nitrogens with zero attached hydrogens (tertiary/aromatic N) is 8. The van der Waals surface area contributed by atoms with Crippen LogP contribution < -0.4 is 10.2 Å². The predicted molar refractivity (Wildman–Crippen MR) is 128 cm³/mol. The van der Waals surface area contributed by atoms with Crippen LogP contribution in [0.3, 0.4) is 0 Å². The monoisotopic (exact) mass is 471 g/mol. The van der Waals surface area contributed by atoms with Crippen molar-refractivity contribution in [3.63, 3.8) is 0 Å². The topological polar surface area (TPSA) is 114 Å². The summed E-state index contributed by atoms with van der Waals surface area (Å²) >= 11 is 0. The summed E-state index contributed by atoms with van der Waals surface area (Å²) in [4.78, 5) is 14.4. The van der Waals surface area contributed by atoms with Gasteiger partial charge in [0.05, 0.1) is 49.4 Å². The Balaban J connectivity index is 1.20. The number of morpholine rings is 1. The number of ether oxygens (including phenoxy) is 1. The Hall–Kier alpha value is -4.38. The highest BCUT2D eigenvalue weighted by Gasteiger charge is 2.17. The van der Waals surface area contributed by atoms with Crippen molar-refractivity contribution in [2.75, 3.05) is 36.5 Å². The van der Waals surface area contributed by atoms with E-state index in [0.29, 0.717) is 26.3 Å². The number of hydrogen-bond donors (Lipinski definition) is 1. The molecule has 5 rings (SSSR count). The van der Waals surface area contributed by atoms with E-state index in [-0.39, 0.29) is 18.3 Å². The molecular weight excluding hydrogens is 449 g/mol. The van der Waals surface area contributed by atoms with Gasteiger partial charge in [0.1, 0.15) is 6.54 Å². The molecule has 1 saturated heterocycles. The molecule has 1 aliphatic heterocycles. The molecule has 1 fully saturated rings. The quantitative estimate of drug-likeness (QED) is 0.396. The van der Waals surface area contributed by atoms with Crippen LogP contribution in [0.15, 0.2) is 77.5 Å². The van der Waals surface area contributed by atoms with Crippen LogP contribution >= 0.6 is 0 Å². The van der Waals surface area contributed by atoms with E-state index in [1.807, 2.05) is 47.4 Å². The van der Waals surface area contributed by atoms with Crippen molar-refractivity contribution in [2.45, 2.75) is 6.54 Å². The van der Waals surface area contributed by atoms with Gasteiger partial charge in [0.25, 0.3) is 5.95 Å². The van der Waals surface area contributed by atoms with Crippen LogP contribution in [0.2, 0.25) is 0 Å². The molecule has 0 aliphatic carbocycles. The first-order chi connectivity index (χ1) is 17.2. The molecule has 4 aromatic rings. The molecule has 0 amide bonds. The van der Waals surface area contributed by atoms with E-state index in [0.717, 1.165) is 34.4 Å². The predicted octanol–water partition coefficient (Wildman–Crippen LogP) is 4.33. The summed E-state index contributed by atoms with van der Waals surface area (Å²) < 4.78 is 19.4. The van der Waals surface area contributed by atoms with Crippen molar-refractivity contribution < 1.29 is 9.13 Å². The Morgan fingerprint density at radius 3 is 2.66 bits per heavy atom. The van der Waals surface area contributed by atoms with E-state index in [2.05, 4.69) is 40.7 Å². The van der Waals surface area contributed by atoms with E-state index in [1.54, 1.807) is 18.6 Å². The number of benzene rings is 1. The molecule has 4 heterocycles. The minimum atomic E-state index is -0.487. The van der Waals surface area contributed by atoms with Crippen molar-refractivity contribution in [3.05, 3.63) is 78.8 Å². The van der Waals surface area contributed by atoms with Crippen LogP contribution in [0.1, 0.15) is 5.69 Å². The summed E-state index contributed by atoms with van der Waals surface area (Å²) in [7, 11) is 0. The fraction of sp³-hybridized carbons (Fsp3) is 0.208. The lowest BCUT2D eigenvalue weighted by Crippen LogP contribution is -2.37. The van der Waals surface area contributed by atoms with Crippen LogP contribution in [-0.2, 0) is 11.3 Å². The van der Waals surface area contributed by atoms with Gasteiger partial charge in [-0.25, -0.2) is 9.37 Å². The average molecular weight is 472 g/mol. The summed E-state index contributed by atoms with van der Waals surface area (Å²) in [6.45, 7) is 2.45.